The summed E-state index contributed by atoms with van der Waals surface area (Å²) < 4.78 is 26.7. The number of nitrogens with two attached hydrogens (primary N) is 1. The fourth-order valence-corrected chi connectivity index (χ4v) is 2.72. The van der Waals surface area contributed by atoms with E-state index in [2.05, 4.69) is 14.4 Å². The highest BCUT2D eigenvalue weighted by atomic mass is 32.2. The van der Waals surface area contributed by atoms with Gasteiger partial charge in [0.1, 0.15) is 6.34 Å². The number of fused-ring (bicyclic) bond motifs is 1. The zero-order valence-corrected chi connectivity index (χ0v) is 10.2. The van der Waals surface area contributed by atoms with Gasteiger partial charge in [-0.15, -0.1) is 4.40 Å². The Morgan fingerprint density at radius 1 is 1.44 bits per heavy atom. The molecule has 0 unspecified atom stereocenters. The van der Waals surface area contributed by atoms with Gasteiger partial charge in [0.05, 0.1) is 0 Å². The number of nitrogen functional groups attached to an aromatic ring is 1. The monoisotopic (exact) mass is 259 g/mol. The summed E-state index contributed by atoms with van der Waals surface area (Å²) in [5, 5.41) is 0.425. The van der Waals surface area contributed by atoms with E-state index >= 15 is 0 Å². The van der Waals surface area contributed by atoms with Crippen LogP contribution >= 0.6 is 11.8 Å². The van der Waals surface area contributed by atoms with Gasteiger partial charge in [-0.1, -0.05) is 11.8 Å². The molecule has 0 atom stereocenters. The lowest BCUT2D eigenvalue weighted by molar-refractivity contribution is 0.596. The van der Waals surface area contributed by atoms with E-state index in [1.165, 1.54) is 23.0 Å². The quantitative estimate of drug-likeness (QED) is 0.557. The summed E-state index contributed by atoms with van der Waals surface area (Å²) in [6.45, 7) is 0. The number of aromatic nitrogens is 2. The number of anilines is 2. The maximum absolute atomic E-state index is 11.6. The van der Waals surface area contributed by atoms with Crippen molar-refractivity contribution in [3.8, 4) is 0 Å². The van der Waals surface area contributed by atoms with Gasteiger partial charge in [0.15, 0.2) is 21.7 Å². The van der Waals surface area contributed by atoms with E-state index in [0.717, 1.165) is 0 Å². The van der Waals surface area contributed by atoms with Crippen molar-refractivity contribution in [1.82, 2.24) is 9.97 Å². The molecule has 16 heavy (non-hydrogen) atoms. The van der Waals surface area contributed by atoms with Crippen molar-refractivity contribution in [1.29, 1.82) is 0 Å². The topological polar surface area (TPSA) is 102 Å². The number of hydrogen-bond donors (Lipinski definition) is 1. The van der Waals surface area contributed by atoms with Crippen molar-refractivity contribution in [2.24, 2.45) is 4.40 Å². The van der Waals surface area contributed by atoms with Crippen molar-refractivity contribution in [2.75, 3.05) is 23.9 Å². The Kier molecular flexibility index (Phi) is 2.50. The lowest BCUT2D eigenvalue weighted by atomic mass is 10.5. The maximum Gasteiger partial charge on any atom is 0.291 e. The molecular weight excluding hydrogens is 250 g/mol. The predicted molar refractivity (Wildman–Crippen MR) is 62.3 cm³/mol. The van der Waals surface area contributed by atoms with Crippen LogP contribution in [-0.2, 0) is 10.0 Å². The van der Waals surface area contributed by atoms with Crippen LogP contribution in [0.5, 0.6) is 0 Å². The van der Waals surface area contributed by atoms with Gasteiger partial charge in [0.2, 0.25) is 0 Å². The third-order valence-corrected chi connectivity index (χ3v) is 3.81. The van der Waals surface area contributed by atoms with Crippen LogP contribution in [0.1, 0.15) is 0 Å². The molecule has 7 nitrogen and oxygen atoms in total. The van der Waals surface area contributed by atoms with Gasteiger partial charge in [-0.25, -0.2) is 9.97 Å². The summed E-state index contributed by atoms with van der Waals surface area (Å²) in [5.74, 6) is 0.185. The zero-order chi connectivity index (χ0) is 11.9. The normalized spacial score (nSPS) is 17.2. The Balaban J connectivity index is 2.78. The lowest BCUT2D eigenvalue weighted by Crippen LogP contribution is -2.25. The van der Waals surface area contributed by atoms with Crippen LogP contribution in [0, 0.1) is 0 Å². The van der Waals surface area contributed by atoms with Gasteiger partial charge in [-0.3, -0.25) is 0 Å². The predicted octanol–water partition coefficient (Wildman–Crippen LogP) is -0.0525. The summed E-state index contributed by atoms with van der Waals surface area (Å²) in [7, 11) is -2.12. The Morgan fingerprint density at radius 2 is 2.12 bits per heavy atom. The molecule has 1 aromatic rings. The van der Waals surface area contributed by atoms with E-state index in [4.69, 9.17) is 5.73 Å². The van der Waals surface area contributed by atoms with Crippen molar-refractivity contribution >= 4 is 39.8 Å². The van der Waals surface area contributed by atoms with Gasteiger partial charge < -0.3 is 10.6 Å². The molecule has 1 aliphatic heterocycles. The van der Waals surface area contributed by atoms with Crippen molar-refractivity contribution in [2.45, 2.75) is 10.1 Å². The number of rotatable bonds is 1. The minimum Gasteiger partial charge on any atom is -0.382 e. The van der Waals surface area contributed by atoms with Crippen LogP contribution in [0.2, 0.25) is 0 Å². The summed E-state index contributed by atoms with van der Waals surface area (Å²) in [4.78, 5) is 9.35. The molecule has 1 aromatic heterocycles. The van der Waals surface area contributed by atoms with Crippen LogP contribution in [0.3, 0.4) is 0 Å². The van der Waals surface area contributed by atoms with Gasteiger partial charge in [0, 0.05) is 7.05 Å². The van der Waals surface area contributed by atoms with Crippen LogP contribution < -0.4 is 10.6 Å². The van der Waals surface area contributed by atoms with Gasteiger partial charge in [0.25, 0.3) is 10.0 Å². The molecule has 0 amide bonds. The fraction of sp³-hybridized carbons (Fsp3) is 0.286. The molecule has 2 heterocycles. The molecule has 1 aliphatic rings. The summed E-state index contributed by atoms with van der Waals surface area (Å²) >= 11 is 1.29. The standard InChI is InChI=1S/C7H9N5O2S2/c1-12-3-9-16(13,14)4-5(8)10-7(15-2)11-6(4)12/h3H,1-2H3,(H2,8,10,11). The molecule has 0 saturated heterocycles. The highest BCUT2D eigenvalue weighted by Gasteiger charge is 2.29. The maximum atomic E-state index is 11.6. The van der Waals surface area contributed by atoms with Gasteiger partial charge in [-0.05, 0) is 6.26 Å². The summed E-state index contributed by atoms with van der Waals surface area (Å²) in [5.41, 5.74) is 5.61. The SMILES string of the molecule is CSc1nc(N)c2c(n1)N(C)C=NS2(=O)=O. The average Bonchev–Trinajstić information content (AvgIpc) is 2.23. The van der Waals surface area contributed by atoms with Crippen LogP contribution in [-0.4, -0.2) is 38.0 Å². The van der Waals surface area contributed by atoms with E-state index in [-0.39, 0.29) is 16.5 Å². The van der Waals surface area contributed by atoms with E-state index in [1.807, 2.05) is 0 Å². The zero-order valence-electron chi connectivity index (χ0n) is 8.58. The molecule has 2 rings (SSSR count). The first-order valence-corrected chi connectivity index (χ1v) is 6.87. The highest BCUT2D eigenvalue weighted by molar-refractivity contribution is 7.98. The molecule has 0 aliphatic carbocycles. The highest BCUT2D eigenvalue weighted by Crippen LogP contribution is 2.32. The van der Waals surface area contributed by atoms with E-state index in [9.17, 15) is 8.42 Å². The third kappa shape index (κ3) is 1.61. The minimum absolute atomic E-state index is 0.0712. The Bertz CT molecular complexity index is 568. The van der Waals surface area contributed by atoms with Crippen molar-refractivity contribution in [3.63, 3.8) is 0 Å². The second-order valence-electron chi connectivity index (χ2n) is 3.06. The molecule has 0 fully saturated rings. The Morgan fingerprint density at radius 3 is 2.75 bits per heavy atom. The Hall–Kier alpha value is -1.35. The van der Waals surface area contributed by atoms with Crippen molar-refractivity contribution < 1.29 is 8.42 Å². The molecule has 0 spiro atoms. The molecule has 0 bridgehead atoms. The number of hydrogen-bond acceptors (Lipinski definition) is 7. The largest absolute Gasteiger partial charge is 0.382 e. The van der Waals surface area contributed by atoms with Crippen LogP contribution in [0.4, 0.5) is 11.6 Å². The average molecular weight is 259 g/mol. The van der Waals surface area contributed by atoms with E-state index in [1.54, 1.807) is 13.3 Å². The Labute approximate surface area is 96.8 Å². The van der Waals surface area contributed by atoms with Crippen LogP contribution in [0.25, 0.3) is 0 Å². The smallest absolute Gasteiger partial charge is 0.291 e. The first-order valence-electron chi connectivity index (χ1n) is 4.20. The molecule has 0 radical (unpaired) electrons. The third-order valence-electron chi connectivity index (χ3n) is 1.99. The lowest BCUT2D eigenvalue weighted by Gasteiger charge is -2.20. The number of nitrogens with zero attached hydrogens (tertiary/aromatic N) is 4. The second-order valence-corrected chi connectivity index (χ2v) is 5.40. The van der Waals surface area contributed by atoms with Crippen molar-refractivity contribution in [3.05, 3.63) is 0 Å². The molecule has 86 valence electrons. The first kappa shape index (κ1) is 11.1. The van der Waals surface area contributed by atoms with E-state index < -0.39 is 10.0 Å². The summed E-state index contributed by atoms with van der Waals surface area (Å²) in [6.07, 6.45) is 2.97. The molecule has 0 aromatic carbocycles. The number of thioether (sulfide) groups is 1. The summed E-state index contributed by atoms with van der Waals surface area (Å²) in [6, 6.07) is 0. The first-order chi connectivity index (χ1) is 7.45. The second kappa shape index (κ2) is 3.59. The molecule has 0 saturated carbocycles. The molecule has 2 N–H and O–H groups in total. The molecular formula is C7H9N5O2S2. The fourth-order valence-electron chi connectivity index (χ4n) is 1.25. The van der Waals surface area contributed by atoms with Gasteiger partial charge >= 0.3 is 0 Å². The number of sulfonamides is 1. The molecule has 9 heteroatoms. The van der Waals surface area contributed by atoms with Gasteiger partial charge in [-0.2, -0.15) is 8.42 Å². The van der Waals surface area contributed by atoms with Crippen LogP contribution in [0.15, 0.2) is 14.4 Å². The minimum atomic E-state index is -3.76. The van der Waals surface area contributed by atoms with E-state index in [0.29, 0.717) is 5.16 Å².